The Labute approximate surface area is 69.7 Å². The van der Waals surface area contributed by atoms with Crippen LogP contribution in [0.1, 0.15) is 19.3 Å². The lowest BCUT2D eigenvalue weighted by Gasteiger charge is -2.14. The van der Waals surface area contributed by atoms with Gasteiger partial charge in [-0.15, -0.1) is 0 Å². The van der Waals surface area contributed by atoms with Crippen molar-refractivity contribution in [1.29, 1.82) is 0 Å². The minimum absolute atomic E-state index is 0.205. The Balaban J connectivity index is 1.27. The highest BCUT2D eigenvalue weighted by atomic mass is 17.2. The van der Waals surface area contributed by atoms with E-state index in [0.717, 1.165) is 25.9 Å². The van der Waals surface area contributed by atoms with E-state index in [1.165, 1.54) is 0 Å². The molecular weight excluding hydrogens is 160 g/mol. The molecule has 0 aliphatic carbocycles. The topological polar surface area (TPSA) is 46.8 Å². The van der Waals surface area contributed by atoms with Crippen molar-refractivity contribution in [2.45, 2.75) is 43.2 Å². The minimum atomic E-state index is -0.520. The Kier molecular flexibility index (Phi) is 0.828. The van der Waals surface area contributed by atoms with Gasteiger partial charge in [0.05, 0.1) is 12.7 Å². The van der Waals surface area contributed by atoms with Crippen LogP contribution < -0.4 is 0 Å². The summed E-state index contributed by atoms with van der Waals surface area (Å²) in [6, 6.07) is 0. The van der Waals surface area contributed by atoms with Crippen LogP contribution in [0.4, 0.5) is 0 Å². The van der Waals surface area contributed by atoms with E-state index in [-0.39, 0.29) is 11.9 Å². The first-order valence-corrected chi connectivity index (χ1v) is 4.54. The summed E-state index contributed by atoms with van der Waals surface area (Å²) in [5, 5.41) is 0. The van der Waals surface area contributed by atoms with E-state index in [1.807, 2.05) is 0 Å². The van der Waals surface area contributed by atoms with Crippen molar-refractivity contribution in [3.63, 3.8) is 0 Å². The smallest absolute Gasteiger partial charge is 0.349 e. The van der Waals surface area contributed by atoms with Gasteiger partial charge in [0.15, 0.2) is 0 Å². The minimum Gasteiger partial charge on any atom is -0.373 e. The van der Waals surface area contributed by atoms with Crippen LogP contribution in [0.2, 0.25) is 0 Å². The maximum atomic E-state index is 5.38. The molecule has 0 aromatic carbocycles. The third-order valence-electron chi connectivity index (χ3n) is 3.03. The van der Waals surface area contributed by atoms with Crippen LogP contribution in [0.25, 0.3) is 0 Å². The van der Waals surface area contributed by atoms with E-state index >= 15 is 0 Å². The van der Waals surface area contributed by atoms with Gasteiger partial charge in [0, 0.05) is 0 Å². The summed E-state index contributed by atoms with van der Waals surface area (Å²) in [5.41, 5.74) is 0. The van der Waals surface area contributed by atoms with Gasteiger partial charge in [-0.2, -0.15) is 0 Å². The SMILES string of the molecule is C(CC1CO1)CC1OC23OC12O3. The van der Waals surface area contributed by atoms with Gasteiger partial charge in [-0.1, -0.05) is 0 Å². The zero-order valence-electron chi connectivity index (χ0n) is 6.62. The summed E-state index contributed by atoms with van der Waals surface area (Å²) < 4.78 is 20.9. The molecular formula is C8H10O4. The lowest BCUT2D eigenvalue weighted by atomic mass is 10.0. The Morgan fingerprint density at radius 2 is 2.08 bits per heavy atom. The van der Waals surface area contributed by atoms with Crippen LogP contribution >= 0.6 is 0 Å². The van der Waals surface area contributed by atoms with Gasteiger partial charge in [-0.05, 0) is 19.3 Å². The molecule has 4 heterocycles. The first kappa shape index (κ1) is 6.32. The van der Waals surface area contributed by atoms with Gasteiger partial charge in [0.25, 0.3) is 5.79 Å². The Bertz CT molecular complexity index is 241. The van der Waals surface area contributed by atoms with Gasteiger partial charge in [-0.3, -0.25) is 9.47 Å². The molecule has 2 atom stereocenters. The van der Waals surface area contributed by atoms with E-state index in [4.69, 9.17) is 18.9 Å². The van der Waals surface area contributed by atoms with Crippen molar-refractivity contribution in [1.82, 2.24) is 0 Å². The summed E-state index contributed by atoms with van der Waals surface area (Å²) in [4.78, 5) is 0. The zero-order chi connectivity index (χ0) is 7.81. The third-order valence-corrected chi connectivity index (χ3v) is 3.03. The molecule has 66 valence electrons. The van der Waals surface area contributed by atoms with Crippen LogP contribution in [0.3, 0.4) is 0 Å². The monoisotopic (exact) mass is 170 g/mol. The fourth-order valence-corrected chi connectivity index (χ4v) is 2.04. The van der Waals surface area contributed by atoms with Gasteiger partial charge in [0.1, 0.15) is 6.10 Å². The van der Waals surface area contributed by atoms with Crippen molar-refractivity contribution in [2.75, 3.05) is 6.61 Å². The number of hydrogen-bond donors (Lipinski definition) is 0. The van der Waals surface area contributed by atoms with Crippen LogP contribution in [0, 0.1) is 0 Å². The second-order valence-electron chi connectivity index (χ2n) is 3.92. The second kappa shape index (κ2) is 1.57. The molecule has 4 rings (SSSR count). The summed E-state index contributed by atoms with van der Waals surface area (Å²) in [5.74, 6) is -0.773. The molecule has 0 N–H and O–H groups in total. The van der Waals surface area contributed by atoms with E-state index in [2.05, 4.69) is 0 Å². The molecule has 0 aromatic rings. The lowest BCUT2D eigenvalue weighted by molar-refractivity contribution is -0.143. The summed E-state index contributed by atoms with van der Waals surface area (Å²) in [7, 11) is 0. The van der Waals surface area contributed by atoms with Gasteiger partial charge < -0.3 is 9.47 Å². The van der Waals surface area contributed by atoms with Crippen LogP contribution in [-0.2, 0) is 18.9 Å². The first-order chi connectivity index (χ1) is 5.85. The second-order valence-corrected chi connectivity index (χ2v) is 3.92. The van der Waals surface area contributed by atoms with Crippen LogP contribution in [-0.4, -0.2) is 30.6 Å². The summed E-state index contributed by atoms with van der Waals surface area (Å²) in [6.45, 7) is 0.952. The highest BCUT2D eigenvalue weighted by molar-refractivity contribution is 5.24. The molecule has 0 saturated carbocycles. The Hall–Kier alpha value is -0.160. The van der Waals surface area contributed by atoms with E-state index < -0.39 is 5.97 Å². The molecule has 2 unspecified atom stereocenters. The van der Waals surface area contributed by atoms with Crippen molar-refractivity contribution < 1.29 is 18.9 Å². The predicted octanol–water partition coefficient (Wildman–Crippen LogP) is 0.365. The highest BCUT2D eigenvalue weighted by Gasteiger charge is 3.05. The normalized spacial score (nSPS) is 63.0. The Morgan fingerprint density at radius 3 is 2.58 bits per heavy atom. The molecule has 0 aromatic heterocycles. The molecule has 0 bridgehead atoms. The van der Waals surface area contributed by atoms with Crippen molar-refractivity contribution in [3.8, 4) is 0 Å². The summed E-state index contributed by atoms with van der Waals surface area (Å²) >= 11 is 0. The Morgan fingerprint density at radius 1 is 1.25 bits per heavy atom. The quantitative estimate of drug-likeness (QED) is 0.572. The van der Waals surface area contributed by atoms with E-state index in [9.17, 15) is 0 Å². The molecule has 12 heavy (non-hydrogen) atoms. The fraction of sp³-hybridized carbons (Fsp3) is 1.00. The molecule has 0 spiro atoms. The fourth-order valence-electron chi connectivity index (χ4n) is 2.04. The van der Waals surface area contributed by atoms with Crippen molar-refractivity contribution >= 4 is 0 Å². The van der Waals surface area contributed by atoms with Gasteiger partial charge in [0.2, 0.25) is 0 Å². The molecule has 4 heteroatoms. The number of epoxide rings is 3. The third kappa shape index (κ3) is 0.567. The largest absolute Gasteiger partial charge is 0.373 e. The van der Waals surface area contributed by atoms with E-state index in [0.29, 0.717) is 6.10 Å². The molecule has 4 aliphatic rings. The molecule has 0 amide bonds. The van der Waals surface area contributed by atoms with Crippen LogP contribution in [0.5, 0.6) is 0 Å². The van der Waals surface area contributed by atoms with Crippen molar-refractivity contribution in [2.24, 2.45) is 0 Å². The molecule has 0 radical (unpaired) electrons. The average molecular weight is 170 g/mol. The maximum Gasteiger partial charge on any atom is 0.349 e. The molecule has 4 nitrogen and oxygen atoms in total. The van der Waals surface area contributed by atoms with Gasteiger partial charge >= 0.3 is 5.97 Å². The number of hydrogen-bond acceptors (Lipinski definition) is 4. The average Bonchev–Trinajstić information content (AvgIpc) is 2.80. The number of rotatable bonds is 4. The number of ether oxygens (including phenoxy) is 4. The predicted molar refractivity (Wildman–Crippen MR) is 36.1 cm³/mol. The molecule has 4 aliphatic heterocycles. The molecule has 4 saturated heterocycles. The van der Waals surface area contributed by atoms with Gasteiger partial charge in [-0.25, -0.2) is 0 Å². The highest BCUT2D eigenvalue weighted by Crippen LogP contribution is 2.79. The summed E-state index contributed by atoms with van der Waals surface area (Å²) in [6.07, 6.45) is 4.09. The van der Waals surface area contributed by atoms with Crippen molar-refractivity contribution in [3.05, 3.63) is 0 Å². The van der Waals surface area contributed by atoms with E-state index in [1.54, 1.807) is 0 Å². The maximum absolute atomic E-state index is 5.38. The lowest BCUT2D eigenvalue weighted by Crippen LogP contribution is -2.33. The molecule has 4 fully saturated rings. The first-order valence-electron chi connectivity index (χ1n) is 4.54. The van der Waals surface area contributed by atoms with Crippen LogP contribution in [0.15, 0.2) is 0 Å². The standard InChI is InChI=1S/C8H10O4/c1(2-5-4-9-5)3-6-7-8(10-6,11-7)12-7/h5-6H,1-4H2. The zero-order valence-corrected chi connectivity index (χ0v) is 6.62.